The third-order valence-electron chi connectivity index (χ3n) is 4.11. The SMILES string of the molecule is O=C(CC1C=CCC1)N1CCCC(n2cncn2)C1. The van der Waals surface area contributed by atoms with E-state index in [0.717, 1.165) is 38.8 Å². The highest BCUT2D eigenvalue weighted by atomic mass is 16.2. The van der Waals surface area contributed by atoms with Gasteiger partial charge in [-0.15, -0.1) is 0 Å². The first kappa shape index (κ1) is 12.4. The molecule has 0 saturated carbocycles. The standard InChI is InChI=1S/C14H20N4O/c19-14(8-12-4-1-2-5-12)17-7-3-6-13(9-17)18-11-15-10-16-18/h1,4,10-13H,2-3,5-9H2. The molecule has 3 rings (SSSR count). The molecule has 2 aliphatic rings. The first-order valence-electron chi connectivity index (χ1n) is 7.11. The fourth-order valence-corrected chi connectivity index (χ4v) is 3.02. The zero-order valence-electron chi connectivity index (χ0n) is 11.1. The van der Waals surface area contributed by atoms with Gasteiger partial charge in [-0.1, -0.05) is 12.2 Å². The van der Waals surface area contributed by atoms with E-state index in [0.29, 0.717) is 24.3 Å². The predicted octanol–water partition coefficient (Wildman–Crippen LogP) is 1.80. The van der Waals surface area contributed by atoms with Crippen molar-refractivity contribution in [1.29, 1.82) is 0 Å². The summed E-state index contributed by atoms with van der Waals surface area (Å²) in [4.78, 5) is 18.3. The van der Waals surface area contributed by atoms with E-state index < -0.39 is 0 Å². The molecule has 1 saturated heterocycles. The highest BCUT2D eigenvalue weighted by Crippen LogP contribution is 2.24. The van der Waals surface area contributed by atoms with Crippen molar-refractivity contribution >= 4 is 5.91 Å². The first-order valence-corrected chi connectivity index (χ1v) is 7.11. The summed E-state index contributed by atoms with van der Waals surface area (Å²) in [5.74, 6) is 0.751. The summed E-state index contributed by atoms with van der Waals surface area (Å²) in [6, 6.07) is 0.291. The maximum Gasteiger partial charge on any atom is 0.223 e. The minimum Gasteiger partial charge on any atom is -0.341 e. The molecule has 1 aliphatic carbocycles. The van der Waals surface area contributed by atoms with E-state index in [9.17, 15) is 4.79 Å². The molecule has 1 fully saturated rings. The lowest BCUT2D eigenvalue weighted by atomic mass is 10.0. The molecule has 0 N–H and O–H groups in total. The quantitative estimate of drug-likeness (QED) is 0.779. The van der Waals surface area contributed by atoms with Crippen molar-refractivity contribution in [3.8, 4) is 0 Å². The summed E-state index contributed by atoms with van der Waals surface area (Å²) < 4.78 is 1.88. The topological polar surface area (TPSA) is 51.0 Å². The molecule has 1 amide bonds. The molecule has 0 aromatic carbocycles. The molecule has 5 heteroatoms. The summed E-state index contributed by atoms with van der Waals surface area (Å²) in [6.45, 7) is 1.67. The number of amides is 1. The molecule has 0 spiro atoms. The molecule has 0 radical (unpaired) electrons. The van der Waals surface area contributed by atoms with Gasteiger partial charge in [-0.2, -0.15) is 5.10 Å². The second-order valence-electron chi connectivity index (χ2n) is 5.48. The molecule has 19 heavy (non-hydrogen) atoms. The van der Waals surface area contributed by atoms with Gasteiger partial charge in [0, 0.05) is 19.5 Å². The second-order valence-corrected chi connectivity index (χ2v) is 5.48. The predicted molar refractivity (Wildman–Crippen MR) is 71.4 cm³/mol. The number of carbonyl (C=O) groups is 1. The van der Waals surface area contributed by atoms with E-state index in [-0.39, 0.29) is 0 Å². The van der Waals surface area contributed by atoms with E-state index in [1.54, 1.807) is 12.7 Å². The van der Waals surface area contributed by atoms with Crippen LogP contribution < -0.4 is 0 Å². The van der Waals surface area contributed by atoms with Gasteiger partial charge in [-0.05, 0) is 31.6 Å². The van der Waals surface area contributed by atoms with Crippen LogP contribution in [-0.4, -0.2) is 38.7 Å². The number of hydrogen-bond acceptors (Lipinski definition) is 3. The number of aromatic nitrogens is 3. The molecule has 0 bridgehead atoms. The lowest BCUT2D eigenvalue weighted by molar-refractivity contribution is -0.133. The Hall–Kier alpha value is -1.65. The lowest BCUT2D eigenvalue weighted by Crippen LogP contribution is -2.41. The van der Waals surface area contributed by atoms with Crippen LogP contribution in [0.4, 0.5) is 0 Å². The van der Waals surface area contributed by atoms with Crippen molar-refractivity contribution in [1.82, 2.24) is 19.7 Å². The van der Waals surface area contributed by atoms with Gasteiger partial charge < -0.3 is 4.90 Å². The van der Waals surface area contributed by atoms with Crippen molar-refractivity contribution in [3.63, 3.8) is 0 Å². The van der Waals surface area contributed by atoms with E-state index in [1.807, 2.05) is 9.58 Å². The molecule has 2 atom stereocenters. The van der Waals surface area contributed by atoms with Gasteiger partial charge in [-0.3, -0.25) is 4.79 Å². The maximum absolute atomic E-state index is 12.3. The lowest BCUT2D eigenvalue weighted by Gasteiger charge is -2.33. The van der Waals surface area contributed by atoms with Crippen molar-refractivity contribution in [3.05, 3.63) is 24.8 Å². The van der Waals surface area contributed by atoms with Gasteiger partial charge in [0.25, 0.3) is 0 Å². The molecular formula is C14H20N4O. The summed E-state index contributed by atoms with van der Waals surface area (Å²) in [5.41, 5.74) is 0. The fourth-order valence-electron chi connectivity index (χ4n) is 3.02. The van der Waals surface area contributed by atoms with Crippen LogP contribution >= 0.6 is 0 Å². The van der Waals surface area contributed by atoms with Crippen LogP contribution in [0.2, 0.25) is 0 Å². The normalized spacial score (nSPS) is 26.8. The third kappa shape index (κ3) is 2.85. The number of hydrogen-bond donors (Lipinski definition) is 0. The Morgan fingerprint density at radius 1 is 1.37 bits per heavy atom. The van der Waals surface area contributed by atoms with Crippen LogP contribution in [0.3, 0.4) is 0 Å². The molecule has 1 aromatic rings. The second kappa shape index (κ2) is 5.55. The van der Waals surface area contributed by atoms with Crippen LogP contribution in [0.15, 0.2) is 24.8 Å². The van der Waals surface area contributed by atoms with Crippen molar-refractivity contribution in [2.45, 2.75) is 38.1 Å². The average Bonchev–Trinajstić information content (AvgIpc) is 3.12. The summed E-state index contributed by atoms with van der Waals surface area (Å²) >= 11 is 0. The largest absolute Gasteiger partial charge is 0.341 e. The fraction of sp³-hybridized carbons (Fsp3) is 0.643. The Morgan fingerprint density at radius 3 is 3.05 bits per heavy atom. The van der Waals surface area contributed by atoms with Gasteiger partial charge >= 0.3 is 0 Å². The molecule has 2 unspecified atom stereocenters. The Labute approximate surface area is 113 Å². The van der Waals surface area contributed by atoms with E-state index in [1.165, 1.54) is 0 Å². The number of allylic oxidation sites excluding steroid dienone is 2. The molecule has 2 heterocycles. The van der Waals surface area contributed by atoms with Gasteiger partial charge in [0.1, 0.15) is 12.7 Å². The van der Waals surface area contributed by atoms with Crippen molar-refractivity contribution in [2.24, 2.45) is 5.92 Å². The zero-order chi connectivity index (χ0) is 13.1. The Morgan fingerprint density at radius 2 is 2.32 bits per heavy atom. The number of likely N-dealkylation sites (tertiary alicyclic amines) is 1. The Kier molecular flexibility index (Phi) is 3.62. The van der Waals surface area contributed by atoms with Gasteiger partial charge in [0.05, 0.1) is 6.04 Å². The summed E-state index contributed by atoms with van der Waals surface area (Å²) in [5, 5.41) is 4.19. The molecular weight excluding hydrogens is 240 g/mol. The molecule has 1 aliphatic heterocycles. The maximum atomic E-state index is 12.3. The van der Waals surface area contributed by atoms with Crippen LogP contribution in [-0.2, 0) is 4.79 Å². The number of piperidine rings is 1. The zero-order valence-corrected chi connectivity index (χ0v) is 11.1. The van der Waals surface area contributed by atoms with Gasteiger partial charge in [-0.25, -0.2) is 9.67 Å². The van der Waals surface area contributed by atoms with Crippen LogP contribution in [0, 0.1) is 5.92 Å². The molecule has 102 valence electrons. The molecule has 1 aromatic heterocycles. The third-order valence-corrected chi connectivity index (χ3v) is 4.11. The van der Waals surface area contributed by atoms with Gasteiger partial charge in [0.2, 0.25) is 5.91 Å². The smallest absolute Gasteiger partial charge is 0.223 e. The highest BCUT2D eigenvalue weighted by molar-refractivity contribution is 5.76. The molecule has 5 nitrogen and oxygen atoms in total. The number of nitrogens with zero attached hydrogens (tertiary/aromatic N) is 4. The first-order chi connectivity index (χ1) is 9.33. The Balaban J connectivity index is 1.58. The van der Waals surface area contributed by atoms with E-state index >= 15 is 0 Å². The summed E-state index contributed by atoms with van der Waals surface area (Å²) in [6.07, 6.45) is 12.7. The average molecular weight is 260 g/mol. The summed E-state index contributed by atoms with van der Waals surface area (Å²) in [7, 11) is 0. The minimum atomic E-state index is 0.291. The van der Waals surface area contributed by atoms with Crippen LogP contribution in [0.5, 0.6) is 0 Å². The Bertz CT molecular complexity index is 454. The van der Waals surface area contributed by atoms with E-state index in [4.69, 9.17) is 0 Å². The minimum absolute atomic E-state index is 0.291. The van der Waals surface area contributed by atoms with E-state index in [2.05, 4.69) is 22.2 Å². The van der Waals surface area contributed by atoms with Crippen LogP contribution in [0.1, 0.15) is 38.1 Å². The highest BCUT2D eigenvalue weighted by Gasteiger charge is 2.26. The number of rotatable bonds is 3. The van der Waals surface area contributed by atoms with Crippen molar-refractivity contribution in [2.75, 3.05) is 13.1 Å². The monoisotopic (exact) mass is 260 g/mol. The number of carbonyl (C=O) groups excluding carboxylic acids is 1. The van der Waals surface area contributed by atoms with Crippen molar-refractivity contribution < 1.29 is 4.79 Å². The van der Waals surface area contributed by atoms with Crippen LogP contribution in [0.25, 0.3) is 0 Å². The van der Waals surface area contributed by atoms with Gasteiger partial charge in [0.15, 0.2) is 0 Å².